The van der Waals surface area contributed by atoms with Crippen LogP contribution in [0.3, 0.4) is 0 Å². The summed E-state index contributed by atoms with van der Waals surface area (Å²) >= 11 is 0. The number of carbonyl (C=O) groups excluding carboxylic acids is 1. The summed E-state index contributed by atoms with van der Waals surface area (Å²) in [4.78, 5) is 14.5. The van der Waals surface area contributed by atoms with Crippen LogP contribution in [0.25, 0.3) is 0 Å². The van der Waals surface area contributed by atoms with Crippen LogP contribution >= 0.6 is 0 Å². The Kier molecular flexibility index (Phi) is 6.46. The lowest BCUT2D eigenvalue weighted by molar-refractivity contribution is 0.0948. The molecule has 160 valence electrons. The molecule has 1 heterocycles. The lowest BCUT2D eigenvalue weighted by atomic mass is 10.1. The molecule has 1 unspecified atom stereocenters. The monoisotopic (exact) mass is 422 g/mol. The molecule has 1 fully saturated rings. The molecular formula is C25H24F2N2O2. The predicted octanol–water partition coefficient (Wildman–Crippen LogP) is 4.80. The highest BCUT2D eigenvalue weighted by Crippen LogP contribution is 2.25. The molecule has 31 heavy (non-hydrogen) atoms. The molecule has 6 heteroatoms. The van der Waals surface area contributed by atoms with Gasteiger partial charge in [0.25, 0.3) is 5.91 Å². The maximum atomic E-state index is 13.5. The molecule has 1 aliphatic heterocycles. The van der Waals surface area contributed by atoms with Gasteiger partial charge >= 0.3 is 0 Å². The predicted molar refractivity (Wildman–Crippen MR) is 116 cm³/mol. The fourth-order valence-corrected chi connectivity index (χ4v) is 3.69. The SMILES string of the molecule is O=C(NCC1CCN(c2ccc(F)c(F)c2)C1)c1ccc(COc2ccccc2)cc1. The summed E-state index contributed by atoms with van der Waals surface area (Å²) in [5, 5.41) is 2.98. The van der Waals surface area contributed by atoms with Crippen LogP contribution in [0.2, 0.25) is 0 Å². The minimum absolute atomic E-state index is 0.123. The van der Waals surface area contributed by atoms with E-state index >= 15 is 0 Å². The lowest BCUT2D eigenvalue weighted by Crippen LogP contribution is -2.31. The third-order valence-corrected chi connectivity index (χ3v) is 5.47. The lowest BCUT2D eigenvalue weighted by Gasteiger charge is -2.19. The summed E-state index contributed by atoms with van der Waals surface area (Å²) in [6.07, 6.45) is 0.884. The normalized spacial score (nSPS) is 15.7. The number of rotatable bonds is 7. The Morgan fingerprint density at radius 2 is 1.77 bits per heavy atom. The van der Waals surface area contributed by atoms with Gasteiger partial charge in [-0.05, 0) is 54.3 Å². The highest BCUT2D eigenvalue weighted by molar-refractivity contribution is 5.94. The number of nitrogens with one attached hydrogen (secondary N) is 1. The number of carbonyl (C=O) groups is 1. The third-order valence-electron chi connectivity index (χ3n) is 5.47. The molecule has 0 spiro atoms. The Morgan fingerprint density at radius 3 is 2.52 bits per heavy atom. The summed E-state index contributed by atoms with van der Waals surface area (Å²) in [5.74, 6) is -0.744. The molecular weight excluding hydrogens is 398 g/mol. The van der Waals surface area contributed by atoms with Crippen LogP contribution in [-0.2, 0) is 6.61 Å². The highest BCUT2D eigenvalue weighted by atomic mass is 19.2. The van der Waals surface area contributed by atoms with E-state index in [1.54, 1.807) is 18.2 Å². The molecule has 4 nitrogen and oxygen atoms in total. The number of amides is 1. The van der Waals surface area contributed by atoms with E-state index in [1.165, 1.54) is 6.07 Å². The van der Waals surface area contributed by atoms with Crippen molar-refractivity contribution >= 4 is 11.6 Å². The van der Waals surface area contributed by atoms with Crippen LogP contribution in [0.5, 0.6) is 5.75 Å². The largest absolute Gasteiger partial charge is 0.489 e. The van der Waals surface area contributed by atoms with E-state index in [-0.39, 0.29) is 11.8 Å². The quantitative estimate of drug-likeness (QED) is 0.595. The molecule has 4 rings (SSSR count). The topological polar surface area (TPSA) is 41.6 Å². The van der Waals surface area contributed by atoms with Crippen molar-refractivity contribution in [2.75, 3.05) is 24.5 Å². The Hall–Kier alpha value is -3.41. The fourth-order valence-electron chi connectivity index (χ4n) is 3.69. The zero-order chi connectivity index (χ0) is 21.6. The molecule has 0 saturated carbocycles. The van der Waals surface area contributed by atoms with Gasteiger partial charge in [0.05, 0.1) is 0 Å². The maximum absolute atomic E-state index is 13.5. The van der Waals surface area contributed by atoms with Crippen molar-refractivity contribution in [3.05, 3.63) is 95.6 Å². The maximum Gasteiger partial charge on any atom is 0.251 e. The summed E-state index contributed by atoms with van der Waals surface area (Å²) in [6, 6.07) is 20.9. The van der Waals surface area contributed by atoms with Crippen LogP contribution in [0.1, 0.15) is 22.3 Å². The van der Waals surface area contributed by atoms with E-state index < -0.39 is 11.6 Å². The van der Waals surface area contributed by atoms with E-state index in [4.69, 9.17) is 4.74 Å². The Bertz CT molecular complexity index is 1030. The van der Waals surface area contributed by atoms with Crippen molar-refractivity contribution in [3.8, 4) is 5.75 Å². The van der Waals surface area contributed by atoms with Gasteiger partial charge in [0.15, 0.2) is 11.6 Å². The summed E-state index contributed by atoms with van der Waals surface area (Å²) in [6.45, 7) is 2.43. The second-order valence-electron chi connectivity index (χ2n) is 7.71. The first-order valence-electron chi connectivity index (χ1n) is 10.3. The first kappa shape index (κ1) is 20.8. The number of hydrogen-bond acceptors (Lipinski definition) is 3. The highest BCUT2D eigenvalue weighted by Gasteiger charge is 2.24. The number of anilines is 1. The smallest absolute Gasteiger partial charge is 0.251 e. The van der Waals surface area contributed by atoms with Crippen LogP contribution < -0.4 is 15.0 Å². The fraction of sp³-hybridized carbons (Fsp3) is 0.240. The summed E-state index contributed by atoms with van der Waals surface area (Å²) in [7, 11) is 0. The molecule has 3 aromatic rings. The van der Waals surface area contributed by atoms with E-state index in [9.17, 15) is 13.6 Å². The van der Waals surface area contributed by atoms with Crippen molar-refractivity contribution in [2.24, 2.45) is 5.92 Å². The van der Waals surface area contributed by atoms with Crippen LogP contribution in [0, 0.1) is 17.6 Å². The van der Waals surface area contributed by atoms with Gasteiger partial charge in [-0.2, -0.15) is 0 Å². The molecule has 0 radical (unpaired) electrons. The number of para-hydroxylation sites is 1. The molecule has 1 amide bonds. The number of ether oxygens (including phenoxy) is 1. The first-order valence-corrected chi connectivity index (χ1v) is 10.3. The van der Waals surface area contributed by atoms with Crippen molar-refractivity contribution in [3.63, 3.8) is 0 Å². The second kappa shape index (κ2) is 9.60. The number of hydrogen-bond donors (Lipinski definition) is 1. The molecule has 1 N–H and O–H groups in total. The van der Waals surface area contributed by atoms with Crippen molar-refractivity contribution in [2.45, 2.75) is 13.0 Å². The zero-order valence-electron chi connectivity index (χ0n) is 17.1. The standard InChI is InChI=1S/C25H24F2N2O2/c26-23-11-10-21(14-24(23)27)29-13-12-19(16-29)15-28-25(30)20-8-6-18(7-9-20)17-31-22-4-2-1-3-5-22/h1-11,14,19H,12-13,15-17H2,(H,28,30). The first-order chi connectivity index (χ1) is 15.1. The van der Waals surface area contributed by atoms with Gasteiger partial charge in [0.2, 0.25) is 0 Å². The number of benzene rings is 3. The Balaban J connectivity index is 1.24. The van der Waals surface area contributed by atoms with Crippen molar-refractivity contribution in [1.82, 2.24) is 5.32 Å². The van der Waals surface area contributed by atoms with Crippen molar-refractivity contribution in [1.29, 1.82) is 0 Å². The van der Waals surface area contributed by atoms with E-state index in [0.717, 1.165) is 30.3 Å². The molecule has 1 saturated heterocycles. The van der Waals surface area contributed by atoms with Gasteiger partial charge in [0, 0.05) is 37.0 Å². The zero-order valence-corrected chi connectivity index (χ0v) is 17.1. The van der Waals surface area contributed by atoms with E-state index in [2.05, 4.69) is 5.32 Å². The van der Waals surface area contributed by atoms with Gasteiger partial charge in [0.1, 0.15) is 12.4 Å². The molecule has 0 aromatic heterocycles. The third kappa shape index (κ3) is 5.40. The van der Waals surface area contributed by atoms with Crippen LogP contribution in [0.15, 0.2) is 72.8 Å². The van der Waals surface area contributed by atoms with Crippen LogP contribution in [0.4, 0.5) is 14.5 Å². The molecule has 1 atom stereocenters. The Morgan fingerprint density at radius 1 is 1.00 bits per heavy atom. The van der Waals surface area contributed by atoms with Crippen LogP contribution in [-0.4, -0.2) is 25.5 Å². The minimum atomic E-state index is -0.843. The van der Waals surface area contributed by atoms with Gasteiger partial charge in [-0.3, -0.25) is 4.79 Å². The van der Waals surface area contributed by atoms with E-state index in [0.29, 0.717) is 30.9 Å². The molecule has 3 aromatic carbocycles. The average molecular weight is 422 g/mol. The van der Waals surface area contributed by atoms with Gasteiger partial charge in [-0.15, -0.1) is 0 Å². The Labute approximate surface area is 180 Å². The molecule has 0 bridgehead atoms. The molecule has 0 aliphatic carbocycles. The molecule has 1 aliphatic rings. The van der Waals surface area contributed by atoms with Gasteiger partial charge in [-0.25, -0.2) is 8.78 Å². The number of halogens is 2. The summed E-state index contributed by atoms with van der Waals surface area (Å²) in [5.41, 5.74) is 2.25. The minimum Gasteiger partial charge on any atom is -0.489 e. The second-order valence-corrected chi connectivity index (χ2v) is 7.71. The van der Waals surface area contributed by atoms with Crippen molar-refractivity contribution < 1.29 is 18.3 Å². The number of nitrogens with zero attached hydrogens (tertiary/aromatic N) is 1. The average Bonchev–Trinajstić information content (AvgIpc) is 3.28. The van der Waals surface area contributed by atoms with Gasteiger partial charge < -0.3 is 15.0 Å². The van der Waals surface area contributed by atoms with E-state index in [1.807, 2.05) is 47.4 Å². The van der Waals surface area contributed by atoms with Gasteiger partial charge in [-0.1, -0.05) is 30.3 Å². The summed E-state index contributed by atoms with van der Waals surface area (Å²) < 4.78 is 32.3.